The molecule has 0 aromatic heterocycles. The van der Waals surface area contributed by atoms with Crippen molar-refractivity contribution in [2.45, 2.75) is 0 Å². The Morgan fingerprint density at radius 2 is 1.77 bits per heavy atom. The molecule has 1 rings (SSSR count). The quantitative estimate of drug-likeness (QED) is 0.486. The molecule has 1 fully saturated rings. The Morgan fingerprint density at radius 1 is 1.23 bits per heavy atom. The van der Waals surface area contributed by atoms with Gasteiger partial charge < -0.3 is 4.55 Å². The lowest BCUT2D eigenvalue weighted by Crippen LogP contribution is -2.47. The lowest BCUT2D eigenvalue weighted by Gasteiger charge is -2.34. The molecule has 1 atom stereocenters. The average Bonchev–Trinajstić information content (AvgIpc) is 2.08. The Labute approximate surface area is 86.1 Å². The smallest absolute Gasteiger partial charge is 0.0614 e. The minimum absolute atomic E-state index is 0.161. The number of piperazine rings is 1. The van der Waals surface area contributed by atoms with Gasteiger partial charge >= 0.3 is 0 Å². The van der Waals surface area contributed by atoms with Crippen LogP contribution in [-0.4, -0.2) is 63.0 Å². The van der Waals surface area contributed by atoms with E-state index in [1.54, 1.807) is 0 Å². The highest BCUT2D eigenvalue weighted by molar-refractivity contribution is 7.79. The first-order valence-corrected chi connectivity index (χ1v) is 6.07. The van der Waals surface area contributed by atoms with Gasteiger partial charge in [0.1, 0.15) is 0 Å². The van der Waals surface area contributed by atoms with Crippen LogP contribution < -0.4 is 0 Å². The first kappa shape index (κ1) is 11.4. The Bertz CT molecular complexity index is 174. The summed E-state index contributed by atoms with van der Waals surface area (Å²) in [7, 11) is 0. The van der Waals surface area contributed by atoms with Crippen molar-refractivity contribution < 1.29 is 8.76 Å². The predicted molar refractivity (Wildman–Crippen MR) is 52.5 cm³/mol. The van der Waals surface area contributed by atoms with Gasteiger partial charge in [-0.15, -0.1) is 11.6 Å². The zero-order valence-electron chi connectivity index (χ0n) is 7.45. The van der Waals surface area contributed by atoms with Crippen LogP contribution in [0.15, 0.2) is 0 Å². The van der Waals surface area contributed by atoms with E-state index in [1.165, 1.54) is 0 Å². The summed E-state index contributed by atoms with van der Waals surface area (Å²) >= 11 is 3.65. The molecule has 0 N–H and O–H groups in total. The van der Waals surface area contributed by atoms with E-state index in [4.69, 9.17) is 11.6 Å². The molecule has 1 saturated heterocycles. The largest absolute Gasteiger partial charge is 0.771 e. The van der Waals surface area contributed by atoms with Crippen molar-refractivity contribution >= 4 is 22.7 Å². The molecule has 1 unspecified atom stereocenters. The van der Waals surface area contributed by atoms with E-state index < -0.39 is 11.1 Å². The Kier molecular flexibility index (Phi) is 5.20. The van der Waals surface area contributed by atoms with E-state index in [1.807, 2.05) is 4.90 Å². The highest BCUT2D eigenvalue weighted by Crippen LogP contribution is 2.01. The number of alkyl halides is 1. The van der Waals surface area contributed by atoms with Crippen LogP contribution in [0.25, 0.3) is 0 Å². The Hall–Kier alpha value is 0.320. The molecule has 0 aromatic carbocycles. The number of rotatable bonds is 4. The second-order valence-electron chi connectivity index (χ2n) is 3.08. The third kappa shape index (κ3) is 4.37. The molecule has 1 aliphatic heterocycles. The summed E-state index contributed by atoms with van der Waals surface area (Å²) < 4.78 is 20.8. The first-order valence-electron chi connectivity index (χ1n) is 4.29. The van der Waals surface area contributed by atoms with Gasteiger partial charge in [0, 0.05) is 38.6 Å². The van der Waals surface area contributed by atoms with Crippen molar-refractivity contribution in [1.82, 2.24) is 9.80 Å². The molecule has 0 aromatic rings. The maximum atomic E-state index is 10.4. The highest BCUT2D eigenvalue weighted by atomic mass is 35.5. The van der Waals surface area contributed by atoms with E-state index in [0.29, 0.717) is 5.88 Å². The summed E-state index contributed by atoms with van der Waals surface area (Å²) in [5.41, 5.74) is 0. The summed E-state index contributed by atoms with van der Waals surface area (Å²) in [6.45, 7) is 4.39. The van der Waals surface area contributed by atoms with Crippen LogP contribution in [0.5, 0.6) is 0 Å². The van der Waals surface area contributed by atoms with Crippen LogP contribution in [0.2, 0.25) is 0 Å². The van der Waals surface area contributed by atoms with Crippen LogP contribution in [0.4, 0.5) is 0 Å². The summed E-state index contributed by atoms with van der Waals surface area (Å²) in [5.74, 6) is 0.808. The minimum Gasteiger partial charge on any atom is -0.771 e. The van der Waals surface area contributed by atoms with Crippen molar-refractivity contribution in [3.63, 3.8) is 0 Å². The van der Waals surface area contributed by atoms with Gasteiger partial charge in [-0.05, 0) is 11.1 Å². The van der Waals surface area contributed by atoms with Gasteiger partial charge in [-0.25, -0.2) is 0 Å². The maximum Gasteiger partial charge on any atom is 0.0614 e. The molecular weight excluding hydrogens is 212 g/mol. The fraction of sp³-hybridized carbons (Fsp3) is 1.00. The van der Waals surface area contributed by atoms with E-state index in [0.717, 1.165) is 32.7 Å². The monoisotopic (exact) mass is 225 g/mol. The molecule has 6 heteroatoms. The molecular formula is C7H14ClN2O2S-. The van der Waals surface area contributed by atoms with Crippen LogP contribution >= 0.6 is 11.6 Å². The van der Waals surface area contributed by atoms with Crippen molar-refractivity contribution in [3.8, 4) is 0 Å². The highest BCUT2D eigenvalue weighted by Gasteiger charge is 2.15. The molecule has 0 aliphatic carbocycles. The molecule has 0 spiro atoms. The molecule has 0 saturated carbocycles. The normalized spacial score (nSPS) is 23.2. The third-order valence-corrected chi connectivity index (χ3v) is 2.90. The SMILES string of the molecule is O=S([O-])CN1CCN(CCCl)CC1. The van der Waals surface area contributed by atoms with Crippen LogP contribution in [0.1, 0.15) is 0 Å². The molecule has 4 nitrogen and oxygen atoms in total. The van der Waals surface area contributed by atoms with Gasteiger partial charge in [-0.1, -0.05) is 0 Å². The zero-order chi connectivity index (χ0) is 9.68. The van der Waals surface area contributed by atoms with E-state index in [-0.39, 0.29) is 5.88 Å². The summed E-state index contributed by atoms with van der Waals surface area (Å²) in [5, 5.41) is 0. The first-order chi connectivity index (χ1) is 6.22. The van der Waals surface area contributed by atoms with Gasteiger partial charge in [-0.3, -0.25) is 14.0 Å². The molecule has 0 radical (unpaired) electrons. The summed E-state index contributed by atoms with van der Waals surface area (Å²) in [6.07, 6.45) is 0. The zero-order valence-corrected chi connectivity index (χ0v) is 9.02. The fourth-order valence-electron chi connectivity index (χ4n) is 1.41. The number of nitrogens with zero attached hydrogens (tertiary/aromatic N) is 2. The number of hydrogen-bond acceptors (Lipinski definition) is 4. The average molecular weight is 226 g/mol. The molecule has 13 heavy (non-hydrogen) atoms. The topological polar surface area (TPSA) is 46.6 Å². The second kappa shape index (κ2) is 5.93. The van der Waals surface area contributed by atoms with Crippen molar-refractivity contribution in [2.24, 2.45) is 0 Å². The Balaban J connectivity index is 2.18. The van der Waals surface area contributed by atoms with Crippen molar-refractivity contribution in [1.29, 1.82) is 0 Å². The standard InChI is InChI=1S/C7H15ClN2O2S/c8-1-2-9-3-5-10(6-4-9)7-13(11)12/h1-7H2,(H,11,12)/p-1. The lowest BCUT2D eigenvalue weighted by atomic mass is 10.3. The molecule has 78 valence electrons. The van der Waals surface area contributed by atoms with Gasteiger partial charge in [-0.2, -0.15) is 0 Å². The number of halogens is 1. The van der Waals surface area contributed by atoms with E-state index in [2.05, 4.69) is 4.90 Å². The van der Waals surface area contributed by atoms with Crippen LogP contribution in [0, 0.1) is 0 Å². The van der Waals surface area contributed by atoms with E-state index in [9.17, 15) is 8.76 Å². The Morgan fingerprint density at radius 3 is 2.23 bits per heavy atom. The van der Waals surface area contributed by atoms with Crippen molar-refractivity contribution in [3.05, 3.63) is 0 Å². The van der Waals surface area contributed by atoms with Gasteiger partial charge in [0.05, 0.1) is 5.88 Å². The fourth-order valence-corrected chi connectivity index (χ4v) is 2.21. The molecule has 1 aliphatic rings. The molecule has 0 amide bonds. The van der Waals surface area contributed by atoms with Gasteiger partial charge in [0.25, 0.3) is 0 Å². The van der Waals surface area contributed by atoms with Gasteiger partial charge in [0.15, 0.2) is 0 Å². The second-order valence-corrected chi connectivity index (χ2v) is 4.33. The lowest BCUT2D eigenvalue weighted by molar-refractivity contribution is 0.153. The summed E-state index contributed by atoms with van der Waals surface area (Å²) in [4.78, 5) is 4.19. The molecule has 0 bridgehead atoms. The third-order valence-electron chi connectivity index (χ3n) is 2.15. The van der Waals surface area contributed by atoms with Crippen molar-refractivity contribution in [2.75, 3.05) is 44.5 Å². The van der Waals surface area contributed by atoms with Crippen LogP contribution in [0.3, 0.4) is 0 Å². The van der Waals surface area contributed by atoms with Crippen LogP contribution in [-0.2, 0) is 11.1 Å². The molecule has 1 heterocycles. The predicted octanol–water partition coefficient (Wildman–Crippen LogP) is -0.321. The summed E-state index contributed by atoms with van der Waals surface area (Å²) in [6, 6.07) is 0. The number of hydrogen-bond donors (Lipinski definition) is 0. The minimum atomic E-state index is -1.95. The maximum absolute atomic E-state index is 10.4. The van der Waals surface area contributed by atoms with E-state index >= 15 is 0 Å². The van der Waals surface area contributed by atoms with Gasteiger partial charge in [0.2, 0.25) is 0 Å².